The minimum Gasteiger partial charge on any atom is -0.358 e. The van der Waals surface area contributed by atoms with Crippen LogP contribution in [0.3, 0.4) is 0 Å². The van der Waals surface area contributed by atoms with Gasteiger partial charge in [0.15, 0.2) is 9.84 Å². The fourth-order valence-corrected chi connectivity index (χ4v) is 6.72. The molecule has 1 heterocycles. The van der Waals surface area contributed by atoms with Crippen LogP contribution in [0.2, 0.25) is 10.0 Å². The van der Waals surface area contributed by atoms with Gasteiger partial charge in [-0.25, -0.2) is 16.8 Å². The highest BCUT2D eigenvalue weighted by Gasteiger charge is 2.36. The van der Waals surface area contributed by atoms with Crippen molar-refractivity contribution in [2.75, 3.05) is 25.9 Å². The largest absolute Gasteiger partial charge is 0.358 e. The number of nitrogens with one attached hydrogen (secondary N) is 1. The zero-order valence-electron chi connectivity index (χ0n) is 14.3. The van der Waals surface area contributed by atoms with Crippen LogP contribution in [0.15, 0.2) is 17.0 Å². The second kappa shape index (κ2) is 8.02. The topological polar surface area (TPSA) is 101 Å². The number of piperidine rings is 1. The molecule has 1 aliphatic heterocycles. The first-order chi connectivity index (χ1) is 12.0. The summed E-state index contributed by atoms with van der Waals surface area (Å²) in [5.74, 6) is -1.17. The summed E-state index contributed by atoms with van der Waals surface area (Å²) in [6.07, 6.45) is 0.255. The van der Waals surface area contributed by atoms with Gasteiger partial charge >= 0.3 is 0 Å². The van der Waals surface area contributed by atoms with Crippen LogP contribution >= 0.6 is 23.2 Å². The Hall–Kier alpha value is -0.870. The van der Waals surface area contributed by atoms with E-state index in [9.17, 15) is 21.6 Å². The minimum absolute atomic E-state index is 0.0231. The van der Waals surface area contributed by atoms with Crippen LogP contribution in [-0.2, 0) is 24.7 Å². The van der Waals surface area contributed by atoms with Crippen molar-refractivity contribution in [3.05, 3.63) is 27.7 Å². The summed E-state index contributed by atoms with van der Waals surface area (Å²) in [5, 5.41) is 1.93. The quantitative estimate of drug-likeness (QED) is 0.746. The zero-order valence-corrected chi connectivity index (χ0v) is 17.5. The maximum atomic E-state index is 12.8. The molecule has 146 valence electrons. The summed E-state index contributed by atoms with van der Waals surface area (Å²) < 4.78 is 51.4. The highest BCUT2D eigenvalue weighted by Crippen LogP contribution is 2.32. The summed E-state index contributed by atoms with van der Waals surface area (Å²) in [5.41, 5.74) is 0.581. The standard InChI is InChI=1S/C15H20Cl2N2O5S2/c1-10-7-14(13(17)8-12(10)16)26(23,24)19-5-3-11(4-6-19)25(21,22)9-15(20)18-2/h7-8,11H,3-6,9H2,1-2H3,(H,18,20). The maximum Gasteiger partial charge on any atom is 0.244 e. The number of sulfonamides is 1. The van der Waals surface area contributed by atoms with E-state index in [-0.39, 0.29) is 35.8 Å². The Morgan fingerprint density at radius 3 is 2.27 bits per heavy atom. The molecular weight excluding hydrogens is 423 g/mol. The van der Waals surface area contributed by atoms with Crippen molar-refractivity contribution in [2.45, 2.75) is 29.9 Å². The molecular formula is C15H20Cl2N2O5S2. The van der Waals surface area contributed by atoms with Crippen molar-refractivity contribution in [3.63, 3.8) is 0 Å². The molecule has 0 aliphatic carbocycles. The molecule has 1 aromatic carbocycles. The number of hydrogen-bond acceptors (Lipinski definition) is 5. The van der Waals surface area contributed by atoms with E-state index in [1.165, 1.54) is 23.5 Å². The van der Waals surface area contributed by atoms with Crippen LogP contribution in [0, 0.1) is 6.92 Å². The Bertz CT molecular complexity index is 908. The Labute approximate surface area is 163 Å². The maximum absolute atomic E-state index is 12.8. The number of sulfone groups is 1. The van der Waals surface area contributed by atoms with Gasteiger partial charge in [-0.1, -0.05) is 23.2 Å². The molecule has 0 bridgehead atoms. The van der Waals surface area contributed by atoms with Gasteiger partial charge in [0.25, 0.3) is 0 Å². The van der Waals surface area contributed by atoms with Gasteiger partial charge in [-0.15, -0.1) is 0 Å². The summed E-state index contributed by atoms with van der Waals surface area (Å²) in [6.45, 7) is 1.76. The Morgan fingerprint density at radius 2 is 1.73 bits per heavy atom. The summed E-state index contributed by atoms with van der Waals surface area (Å²) in [4.78, 5) is 11.3. The normalized spacial score (nSPS) is 17.2. The minimum atomic E-state index is -3.86. The molecule has 11 heteroatoms. The van der Waals surface area contributed by atoms with Crippen molar-refractivity contribution >= 4 is 49.0 Å². The van der Waals surface area contributed by atoms with Crippen LogP contribution < -0.4 is 5.32 Å². The molecule has 0 saturated carbocycles. The molecule has 1 N–H and O–H groups in total. The van der Waals surface area contributed by atoms with Gasteiger partial charge in [-0.2, -0.15) is 4.31 Å². The number of halogens is 2. The van der Waals surface area contributed by atoms with Crippen molar-refractivity contribution in [1.29, 1.82) is 0 Å². The van der Waals surface area contributed by atoms with E-state index in [0.29, 0.717) is 10.6 Å². The molecule has 0 radical (unpaired) electrons. The van der Waals surface area contributed by atoms with Gasteiger partial charge in [0.1, 0.15) is 10.6 Å². The lowest BCUT2D eigenvalue weighted by molar-refractivity contribution is -0.118. The van der Waals surface area contributed by atoms with Gasteiger partial charge in [0.2, 0.25) is 15.9 Å². The van der Waals surface area contributed by atoms with Crippen molar-refractivity contribution in [2.24, 2.45) is 0 Å². The molecule has 1 aromatic rings. The third-order valence-electron chi connectivity index (χ3n) is 4.35. The number of aryl methyl sites for hydroxylation is 1. The number of amides is 1. The predicted molar refractivity (Wildman–Crippen MR) is 101 cm³/mol. The van der Waals surface area contributed by atoms with Crippen LogP contribution in [0.25, 0.3) is 0 Å². The van der Waals surface area contributed by atoms with E-state index in [2.05, 4.69) is 5.32 Å². The molecule has 26 heavy (non-hydrogen) atoms. The van der Waals surface area contributed by atoms with E-state index in [4.69, 9.17) is 23.2 Å². The molecule has 0 atom stereocenters. The van der Waals surface area contributed by atoms with Crippen LogP contribution in [-0.4, -0.2) is 58.2 Å². The lowest BCUT2D eigenvalue weighted by Gasteiger charge is -2.31. The molecule has 1 saturated heterocycles. The van der Waals surface area contributed by atoms with E-state index >= 15 is 0 Å². The van der Waals surface area contributed by atoms with Crippen molar-refractivity contribution in [3.8, 4) is 0 Å². The van der Waals surface area contributed by atoms with E-state index in [0.717, 1.165) is 0 Å². The number of rotatable bonds is 5. The fraction of sp³-hybridized carbons (Fsp3) is 0.533. The Morgan fingerprint density at radius 1 is 1.15 bits per heavy atom. The summed E-state index contributed by atoms with van der Waals surface area (Å²) in [7, 11) is -6.12. The van der Waals surface area contributed by atoms with Gasteiger partial charge in [-0.3, -0.25) is 4.79 Å². The van der Waals surface area contributed by atoms with Crippen LogP contribution in [0.1, 0.15) is 18.4 Å². The molecule has 1 fully saturated rings. The molecule has 0 aromatic heterocycles. The summed E-state index contributed by atoms with van der Waals surface area (Å²) in [6, 6.07) is 2.79. The van der Waals surface area contributed by atoms with E-state index in [1.54, 1.807) is 6.92 Å². The zero-order chi connectivity index (χ0) is 19.7. The highest BCUT2D eigenvalue weighted by atomic mass is 35.5. The Kier molecular flexibility index (Phi) is 6.61. The molecule has 1 amide bonds. The van der Waals surface area contributed by atoms with Crippen LogP contribution in [0.5, 0.6) is 0 Å². The lowest BCUT2D eigenvalue weighted by atomic mass is 10.2. The number of hydrogen-bond donors (Lipinski definition) is 1. The first kappa shape index (κ1) is 21.4. The monoisotopic (exact) mass is 442 g/mol. The first-order valence-electron chi connectivity index (χ1n) is 7.87. The predicted octanol–water partition coefficient (Wildman–Crippen LogP) is 1.62. The first-order valence-corrected chi connectivity index (χ1v) is 11.8. The number of carbonyl (C=O) groups is 1. The third kappa shape index (κ3) is 4.51. The molecule has 2 rings (SSSR count). The molecule has 0 unspecified atom stereocenters. The van der Waals surface area contributed by atoms with Crippen molar-refractivity contribution in [1.82, 2.24) is 9.62 Å². The molecule has 7 nitrogen and oxygen atoms in total. The molecule has 0 spiro atoms. The number of nitrogens with zero attached hydrogens (tertiary/aromatic N) is 1. The lowest BCUT2D eigenvalue weighted by Crippen LogP contribution is -2.44. The smallest absolute Gasteiger partial charge is 0.244 e. The Balaban J connectivity index is 2.17. The van der Waals surface area contributed by atoms with Crippen LogP contribution in [0.4, 0.5) is 0 Å². The third-order valence-corrected chi connectivity index (χ3v) is 9.27. The summed E-state index contributed by atoms with van der Waals surface area (Å²) >= 11 is 12.0. The van der Waals surface area contributed by atoms with Gasteiger partial charge in [-0.05, 0) is 37.5 Å². The second-order valence-electron chi connectivity index (χ2n) is 6.12. The number of benzene rings is 1. The SMILES string of the molecule is CNC(=O)CS(=O)(=O)C1CCN(S(=O)(=O)c2cc(C)c(Cl)cc2Cl)CC1. The second-order valence-corrected chi connectivity index (χ2v) is 11.1. The fourth-order valence-electron chi connectivity index (χ4n) is 2.77. The van der Waals surface area contributed by atoms with E-state index < -0.39 is 36.8 Å². The van der Waals surface area contributed by atoms with Gasteiger partial charge < -0.3 is 5.32 Å². The highest BCUT2D eigenvalue weighted by molar-refractivity contribution is 7.92. The van der Waals surface area contributed by atoms with Crippen molar-refractivity contribution < 1.29 is 21.6 Å². The number of carbonyl (C=O) groups excluding carboxylic acids is 1. The average molecular weight is 443 g/mol. The molecule has 1 aliphatic rings. The average Bonchev–Trinajstić information content (AvgIpc) is 2.57. The van der Waals surface area contributed by atoms with E-state index in [1.807, 2.05) is 0 Å². The van der Waals surface area contributed by atoms with Gasteiger partial charge in [0, 0.05) is 25.2 Å². The van der Waals surface area contributed by atoms with Gasteiger partial charge in [0.05, 0.1) is 10.3 Å².